The van der Waals surface area contributed by atoms with E-state index in [1.807, 2.05) is 0 Å². The van der Waals surface area contributed by atoms with Crippen LogP contribution in [0, 0.1) is 0 Å². The van der Waals surface area contributed by atoms with E-state index >= 15 is 0 Å². The zero-order valence-electron chi connectivity index (χ0n) is 6.76. The number of rotatable bonds is 2. The van der Waals surface area contributed by atoms with Gasteiger partial charge in [-0.15, -0.1) is 24.9 Å². The summed E-state index contributed by atoms with van der Waals surface area (Å²) in [5.74, 6) is -0.181. The van der Waals surface area contributed by atoms with Crippen molar-refractivity contribution in [2.75, 3.05) is 6.26 Å². The monoisotopic (exact) mass is 208 g/mol. The molecule has 13 heavy (non-hydrogen) atoms. The van der Waals surface area contributed by atoms with Crippen LogP contribution in [0.25, 0.3) is 0 Å². The van der Waals surface area contributed by atoms with E-state index in [1.165, 1.54) is 30.0 Å². The summed E-state index contributed by atoms with van der Waals surface area (Å²) in [6, 6.07) is 5.85. The van der Waals surface area contributed by atoms with Crippen molar-refractivity contribution in [1.29, 1.82) is 0 Å². The van der Waals surface area contributed by atoms with Gasteiger partial charge in [0.25, 0.3) is 0 Å². The van der Waals surface area contributed by atoms with Crippen molar-refractivity contribution in [2.24, 2.45) is 0 Å². The fraction of sp³-hybridized carbons (Fsp3) is 0.250. The number of hydrogen-bond donors (Lipinski definition) is 0. The lowest BCUT2D eigenvalue weighted by molar-refractivity contribution is -0.274. The molecular formula is C8H7F3OS. The molecule has 0 atom stereocenters. The van der Waals surface area contributed by atoms with Crippen LogP contribution in [0.4, 0.5) is 13.2 Å². The van der Waals surface area contributed by atoms with Crippen molar-refractivity contribution in [1.82, 2.24) is 0 Å². The molecule has 0 aromatic heterocycles. The lowest BCUT2D eigenvalue weighted by Gasteiger charge is -2.08. The Morgan fingerprint density at radius 2 is 2.00 bits per heavy atom. The molecule has 0 saturated carbocycles. The van der Waals surface area contributed by atoms with Crippen LogP contribution in [0.15, 0.2) is 29.2 Å². The zero-order chi connectivity index (χ0) is 9.90. The summed E-state index contributed by atoms with van der Waals surface area (Å²) in [6.45, 7) is 0. The van der Waals surface area contributed by atoms with E-state index in [-0.39, 0.29) is 5.75 Å². The Morgan fingerprint density at radius 3 is 2.54 bits per heavy atom. The summed E-state index contributed by atoms with van der Waals surface area (Å²) in [7, 11) is 0. The molecular weight excluding hydrogens is 201 g/mol. The highest BCUT2D eigenvalue weighted by molar-refractivity contribution is 7.98. The fourth-order valence-electron chi connectivity index (χ4n) is 0.798. The van der Waals surface area contributed by atoms with E-state index in [0.717, 1.165) is 4.90 Å². The lowest BCUT2D eigenvalue weighted by Crippen LogP contribution is -2.16. The summed E-state index contributed by atoms with van der Waals surface area (Å²) in [5.41, 5.74) is 0. The van der Waals surface area contributed by atoms with Crippen molar-refractivity contribution in [3.05, 3.63) is 24.3 Å². The van der Waals surface area contributed by atoms with E-state index in [9.17, 15) is 13.2 Å². The van der Waals surface area contributed by atoms with Gasteiger partial charge in [-0.3, -0.25) is 0 Å². The summed E-state index contributed by atoms with van der Waals surface area (Å²) < 4.78 is 39.0. The first-order chi connectivity index (χ1) is 6.01. The Morgan fingerprint density at radius 1 is 1.31 bits per heavy atom. The van der Waals surface area contributed by atoms with Crippen LogP contribution in [-0.4, -0.2) is 12.6 Å². The van der Waals surface area contributed by atoms with Gasteiger partial charge in [-0.2, -0.15) is 0 Å². The summed E-state index contributed by atoms with van der Waals surface area (Å²) >= 11 is 1.36. The SMILES string of the molecule is CSc1cccc(OC(F)(F)F)c1. The van der Waals surface area contributed by atoms with E-state index in [1.54, 1.807) is 12.3 Å². The van der Waals surface area contributed by atoms with Gasteiger partial charge in [0.1, 0.15) is 5.75 Å². The lowest BCUT2D eigenvalue weighted by atomic mass is 10.3. The second-order valence-electron chi connectivity index (χ2n) is 2.23. The molecule has 0 unspecified atom stereocenters. The first-order valence-electron chi connectivity index (χ1n) is 3.41. The molecule has 0 heterocycles. The van der Waals surface area contributed by atoms with Gasteiger partial charge < -0.3 is 4.74 Å². The van der Waals surface area contributed by atoms with E-state index in [2.05, 4.69) is 4.74 Å². The molecule has 0 saturated heterocycles. The average molecular weight is 208 g/mol. The van der Waals surface area contributed by atoms with Gasteiger partial charge >= 0.3 is 6.36 Å². The van der Waals surface area contributed by atoms with Crippen molar-refractivity contribution < 1.29 is 17.9 Å². The van der Waals surface area contributed by atoms with Crippen LogP contribution < -0.4 is 4.74 Å². The highest BCUT2D eigenvalue weighted by Crippen LogP contribution is 2.26. The Kier molecular flexibility index (Phi) is 3.08. The third kappa shape index (κ3) is 3.59. The minimum Gasteiger partial charge on any atom is -0.406 e. The molecule has 1 aromatic rings. The Hall–Kier alpha value is -0.840. The predicted molar refractivity (Wildman–Crippen MR) is 44.9 cm³/mol. The molecule has 0 bridgehead atoms. The number of ether oxygens (including phenoxy) is 1. The minimum absolute atomic E-state index is 0.181. The molecule has 0 aliphatic rings. The van der Waals surface area contributed by atoms with Crippen LogP contribution >= 0.6 is 11.8 Å². The maximum Gasteiger partial charge on any atom is 0.573 e. The highest BCUT2D eigenvalue weighted by atomic mass is 32.2. The third-order valence-corrected chi connectivity index (χ3v) is 2.00. The van der Waals surface area contributed by atoms with Gasteiger partial charge in [0.05, 0.1) is 0 Å². The fourth-order valence-corrected chi connectivity index (χ4v) is 1.25. The minimum atomic E-state index is -4.61. The van der Waals surface area contributed by atoms with E-state index in [0.29, 0.717) is 0 Å². The Bertz CT molecular complexity index is 285. The molecule has 0 fully saturated rings. The van der Waals surface area contributed by atoms with Crippen LogP contribution in [-0.2, 0) is 0 Å². The standard InChI is InChI=1S/C8H7F3OS/c1-13-7-4-2-3-6(5-7)12-8(9,10)11/h2-5H,1H3. The quantitative estimate of drug-likeness (QED) is 0.689. The molecule has 0 spiro atoms. The van der Waals surface area contributed by atoms with Crippen molar-refractivity contribution in [2.45, 2.75) is 11.3 Å². The van der Waals surface area contributed by atoms with Gasteiger partial charge in [-0.05, 0) is 24.5 Å². The molecule has 0 radical (unpaired) electrons. The van der Waals surface area contributed by atoms with Gasteiger partial charge in [-0.25, -0.2) is 0 Å². The van der Waals surface area contributed by atoms with E-state index < -0.39 is 6.36 Å². The van der Waals surface area contributed by atoms with Gasteiger partial charge in [0.2, 0.25) is 0 Å². The molecule has 0 aliphatic heterocycles. The second kappa shape index (κ2) is 3.91. The number of hydrogen-bond acceptors (Lipinski definition) is 2. The molecule has 72 valence electrons. The summed E-state index contributed by atoms with van der Waals surface area (Å²) in [6.07, 6.45) is -2.83. The van der Waals surface area contributed by atoms with Crippen LogP contribution in [0.1, 0.15) is 0 Å². The van der Waals surface area contributed by atoms with E-state index in [4.69, 9.17) is 0 Å². The topological polar surface area (TPSA) is 9.23 Å². The van der Waals surface area contributed by atoms with Gasteiger partial charge in [0.15, 0.2) is 0 Å². The average Bonchev–Trinajstić information content (AvgIpc) is 2.01. The molecule has 0 amide bonds. The smallest absolute Gasteiger partial charge is 0.406 e. The van der Waals surface area contributed by atoms with Gasteiger partial charge in [-0.1, -0.05) is 6.07 Å². The molecule has 5 heteroatoms. The number of halogens is 3. The largest absolute Gasteiger partial charge is 0.573 e. The molecule has 1 aromatic carbocycles. The summed E-state index contributed by atoms with van der Waals surface area (Å²) in [5, 5.41) is 0. The maximum atomic E-state index is 11.7. The van der Waals surface area contributed by atoms with Crippen LogP contribution in [0.5, 0.6) is 5.75 Å². The normalized spacial score (nSPS) is 11.4. The number of benzene rings is 1. The number of alkyl halides is 3. The maximum absolute atomic E-state index is 11.7. The Balaban J connectivity index is 2.78. The zero-order valence-corrected chi connectivity index (χ0v) is 7.58. The first-order valence-corrected chi connectivity index (χ1v) is 4.63. The number of thioether (sulfide) groups is 1. The highest BCUT2D eigenvalue weighted by Gasteiger charge is 2.30. The third-order valence-electron chi connectivity index (χ3n) is 1.27. The van der Waals surface area contributed by atoms with Crippen LogP contribution in [0.2, 0.25) is 0 Å². The van der Waals surface area contributed by atoms with Crippen molar-refractivity contribution >= 4 is 11.8 Å². The van der Waals surface area contributed by atoms with Gasteiger partial charge in [0, 0.05) is 4.90 Å². The van der Waals surface area contributed by atoms with Crippen molar-refractivity contribution in [3.63, 3.8) is 0 Å². The van der Waals surface area contributed by atoms with Crippen molar-refractivity contribution in [3.8, 4) is 5.75 Å². The molecule has 0 N–H and O–H groups in total. The predicted octanol–water partition coefficient (Wildman–Crippen LogP) is 3.31. The van der Waals surface area contributed by atoms with Crippen LogP contribution in [0.3, 0.4) is 0 Å². The molecule has 1 rings (SSSR count). The molecule has 1 nitrogen and oxygen atoms in total. The Labute approximate surface area is 77.9 Å². The second-order valence-corrected chi connectivity index (χ2v) is 3.11. The first kappa shape index (κ1) is 10.2. The molecule has 0 aliphatic carbocycles. The summed E-state index contributed by atoms with van der Waals surface area (Å²) in [4.78, 5) is 0.738.